The highest BCUT2D eigenvalue weighted by atomic mass is 19.3. The summed E-state index contributed by atoms with van der Waals surface area (Å²) in [7, 11) is 0. The van der Waals surface area contributed by atoms with Crippen LogP contribution in [0, 0.1) is 0 Å². The van der Waals surface area contributed by atoms with Crippen molar-refractivity contribution in [3.63, 3.8) is 0 Å². The molecule has 35 heavy (non-hydrogen) atoms. The Morgan fingerprint density at radius 3 is 2.80 bits per heavy atom. The summed E-state index contributed by atoms with van der Waals surface area (Å²) >= 11 is 0. The van der Waals surface area contributed by atoms with Crippen LogP contribution in [0.15, 0.2) is 61.1 Å². The van der Waals surface area contributed by atoms with Crippen LogP contribution in [0.3, 0.4) is 0 Å². The third-order valence-electron chi connectivity index (χ3n) is 5.86. The van der Waals surface area contributed by atoms with Gasteiger partial charge in [0, 0.05) is 17.8 Å². The van der Waals surface area contributed by atoms with Gasteiger partial charge in [0.25, 0.3) is 12.3 Å². The van der Waals surface area contributed by atoms with Crippen molar-refractivity contribution in [3.05, 3.63) is 72.3 Å². The van der Waals surface area contributed by atoms with E-state index in [9.17, 15) is 13.6 Å². The highest BCUT2D eigenvalue weighted by Gasteiger charge is 2.19. The van der Waals surface area contributed by atoms with Crippen LogP contribution in [0.4, 0.5) is 14.6 Å². The number of benzene rings is 1. The molecule has 5 rings (SSSR count). The molecule has 1 N–H and O–H groups in total. The minimum absolute atomic E-state index is 0.122. The Kier molecular flexibility index (Phi) is 6.17. The Balaban J connectivity index is 1.52. The van der Waals surface area contributed by atoms with Crippen LogP contribution in [-0.4, -0.2) is 37.2 Å². The Bertz CT molecular complexity index is 1360. The van der Waals surface area contributed by atoms with Crippen LogP contribution in [0.2, 0.25) is 0 Å². The van der Waals surface area contributed by atoms with E-state index in [1.165, 1.54) is 12.3 Å². The lowest BCUT2D eigenvalue weighted by Crippen LogP contribution is -2.16. The first-order valence-corrected chi connectivity index (χ1v) is 11.2. The maximum Gasteiger partial charge on any atom is 0.280 e. The average molecular weight is 476 g/mol. The van der Waals surface area contributed by atoms with Crippen LogP contribution < -0.4 is 10.1 Å². The van der Waals surface area contributed by atoms with E-state index >= 15 is 0 Å². The van der Waals surface area contributed by atoms with Gasteiger partial charge in [-0.1, -0.05) is 18.2 Å². The van der Waals surface area contributed by atoms with Gasteiger partial charge in [0.1, 0.15) is 29.3 Å². The molecular weight excluding hydrogens is 454 g/mol. The topological polar surface area (TPSA) is 94.8 Å². The maximum atomic E-state index is 13.3. The molecule has 2 bridgehead atoms. The summed E-state index contributed by atoms with van der Waals surface area (Å²) in [5.74, 6) is 0.991. The summed E-state index contributed by atoms with van der Waals surface area (Å²) in [6.07, 6.45) is 1.96. The lowest BCUT2D eigenvalue weighted by atomic mass is 10.0. The number of nitrogens with one attached hydrogen (secondary N) is 1. The summed E-state index contributed by atoms with van der Waals surface area (Å²) < 4.78 is 33.7. The van der Waals surface area contributed by atoms with Crippen molar-refractivity contribution in [2.24, 2.45) is 0 Å². The molecule has 0 radical (unpaired) electrons. The Labute approximate surface area is 200 Å². The molecule has 1 aliphatic heterocycles. The quantitative estimate of drug-likeness (QED) is 0.421. The van der Waals surface area contributed by atoms with Crippen molar-refractivity contribution in [2.45, 2.75) is 32.2 Å². The number of rotatable bonds is 2. The van der Waals surface area contributed by atoms with E-state index in [1.807, 2.05) is 10.6 Å². The summed E-state index contributed by atoms with van der Waals surface area (Å²) in [5.41, 5.74) is 1.86. The number of hydrogen-bond donors (Lipinski definition) is 1. The number of aromatic nitrogens is 5. The third-order valence-corrected chi connectivity index (χ3v) is 5.86. The largest absolute Gasteiger partial charge is 0.493 e. The predicted molar refractivity (Wildman–Crippen MR) is 125 cm³/mol. The van der Waals surface area contributed by atoms with Gasteiger partial charge in [0.2, 0.25) is 0 Å². The van der Waals surface area contributed by atoms with Crippen LogP contribution >= 0.6 is 0 Å². The van der Waals surface area contributed by atoms with Gasteiger partial charge in [-0.3, -0.25) is 9.78 Å². The van der Waals surface area contributed by atoms with Gasteiger partial charge < -0.3 is 14.6 Å². The normalized spacial score (nSPS) is 16.0. The van der Waals surface area contributed by atoms with E-state index in [1.54, 1.807) is 42.7 Å². The molecule has 4 heterocycles. The molecule has 0 saturated carbocycles. The third kappa shape index (κ3) is 4.72. The summed E-state index contributed by atoms with van der Waals surface area (Å²) in [6.45, 7) is 2.49. The fraction of sp³-hybridized carbons (Fsp3) is 0.240. The first-order valence-electron chi connectivity index (χ1n) is 11.2. The number of amides is 1. The SMILES string of the molecule is C[C@H]1CCCOc2ccc(-c3ccc(C(F)F)nc3)cc2C(=O)Nc2cccc(n2)-c2nncn21. The molecule has 8 nitrogen and oxygen atoms in total. The van der Waals surface area contributed by atoms with E-state index in [2.05, 4.69) is 32.4 Å². The number of fused-ring (bicyclic) bond motifs is 5. The molecule has 1 atom stereocenters. The van der Waals surface area contributed by atoms with Crippen LogP contribution in [0.5, 0.6) is 5.75 Å². The Morgan fingerprint density at radius 2 is 2.00 bits per heavy atom. The van der Waals surface area contributed by atoms with E-state index in [0.717, 1.165) is 12.8 Å². The van der Waals surface area contributed by atoms with Crippen LogP contribution in [-0.2, 0) is 0 Å². The first-order chi connectivity index (χ1) is 17.0. The average Bonchev–Trinajstić information content (AvgIpc) is 3.36. The van der Waals surface area contributed by atoms with Crippen molar-refractivity contribution in [1.29, 1.82) is 0 Å². The first kappa shape index (κ1) is 22.6. The zero-order valence-electron chi connectivity index (χ0n) is 18.9. The Hall–Kier alpha value is -4.21. The molecule has 0 aliphatic carbocycles. The summed E-state index contributed by atoms with van der Waals surface area (Å²) in [4.78, 5) is 21.7. The lowest BCUT2D eigenvalue weighted by Gasteiger charge is -2.18. The van der Waals surface area contributed by atoms with Crippen molar-refractivity contribution < 1.29 is 18.3 Å². The maximum absolute atomic E-state index is 13.3. The minimum Gasteiger partial charge on any atom is -0.493 e. The van der Waals surface area contributed by atoms with Crippen molar-refractivity contribution in [3.8, 4) is 28.4 Å². The fourth-order valence-electron chi connectivity index (χ4n) is 3.98. The fourth-order valence-corrected chi connectivity index (χ4v) is 3.98. The minimum atomic E-state index is -2.65. The second-order valence-corrected chi connectivity index (χ2v) is 8.25. The number of anilines is 1. The number of hydrogen-bond acceptors (Lipinski definition) is 6. The van der Waals surface area contributed by atoms with Crippen LogP contribution in [0.1, 0.15) is 48.3 Å². The second-order valence-electron chi connectivity index (χ2n) is 8.25. The van der Waals surface area contributed by atoms with Gasteiger partial charge in [-0.15, -0.1) is 10.2 Å². The Morgan fingerprint density at radius 1 is 1.14 bits per heavy atom. The van der Waals surface area contributed by atoms with Crippen LogP contribution in [0.25, 0.3) is 22.6 Å². The molecule has 178 valence electrons. The molecule has 1 amide bonds. The molecule has 3 aromatic heterocycles. The lowest BCUT2D eigenvalue weighted by molar-refractivity contribution is 0.102. The smallest absolute Gasteiger partial charge is 0.280 e. The standard InChI is InChI=1S/C25H22F2N6O2/c1-15-4-3-11-35-21-10-8-16(17-7-9-19(23(26)27)28-13-17)12-18(21)25(34)31-22-6-2-5-20(30-22)24-32-29-14-33(15)24/h2,5-10,12-15,23H,3-4,11H2,1H3,(H,30,31,34)/t15-/m0/s1. The van der Waals surface area contributed by atoms with Gasteiger partial charge >= 0.3 is 0 Å². The summed E-state index contributed by atoms with van der Waals surface area (Å²) in [6, 6.07) is 13.4. The van der Waals surface area contributed by atoms with E-state index < -0.39 is 12.3 Å². The molecule has 0 spiro atoms. The number of ether oxygens (including phenoxy) is 1. The molecule has 0 fully saturated rings. The highest BCUT2D eigenvalue weighted by Crippen LogP contribution is 2.30. The zero-order chi connectivity index (χ0) is 24.4. The van der Waals surface area contributed by atoms with Gasteiger partial charge in [-0.25, -0.2) is 13.8 Å². The molecular formula is C25H22F2N6O2. The van der Waals surface area contributed by atoms with Gasteiger partial charge in [-0.05, 0) is 55.7 Å². The predicted octanol–water partition coefficient (Wildman–Crippen LogP) is 5.33. The number of pyridine rings is 2. The van der Waals surface area contributed by atoms with Crippen molar-refractivity contribution >= 4 is 11.7 Å². The number of nitrogens with zero attached hydrogens (tertiary/aromatic N) is 5. The monoisotopic (exact) mass is 476 g/mol. The van der Waals surface area contributed by atoms with E-state index in [-0.39, 0.29) is 11.7 Å². The summed E-state index contributed by atoms with van der Waals surface area (Å²) in [5, 5.41) is 11.1. The second kappa shape index (κ2) is 9.57. The van der Waals surface area contributed by atoms with Gasteiger partial charge in [0.05, 0.1) is 12.2 Å². The van der Waals surface area contributed by atoms with Gasteiger partial charge in [0.15, 0.2) is 5.82 Å². The number of carbonyl (C=O) groups is 1. The molecule has 0 unspecified atom stereocenters. The van der Waals surface area contributed by atoms with Crippen molar-refractivity contribution in [2.75, 3.05) is 11.9 Å². The van der Waals surface area contributed by atoms with Crippen molar-refractivity contribution in [1.82, 2.24) is 24.7 Å². The highest BCUT2D eigenvalue weighted by molar-refractivity contribution is 6.06. The molecule has 1 aliphatic rings. The zero-order valence-corrected chi connectivity index (χ0v) is 18.9. The van der Waals surface area contributed by atoms with E-state index in [4.69, 9.17) is 4.74 Å². The molecule has 4 aromatic rings. The van der Waals surface area contributed by atoms with Gasteiger partial charge in [-0.2, -0.15) is 0 Å². The molecule has 0 saturated heterocycles. The molecule has 1 aromatic carbocycles. The number of alkyl halides is 2. The van der Waals surface area contributed by atoms with E-state index in [0.29, 0.717) is 46.4 Å². The number of halogens is 2. The number of carbonyl (C=O) groups excluding carboxylic acids is 1. The molecule has 10 heteroatoms.